The maximum atomic E-state index is 15.5. The molecule has 1 aliphatic carbocycles. The van der Waals surface area contributed by atoms with E-state index in [1.165, 1.54) is 25.3 Å². The number of carbonyl (C=O) groups is 3. The summed E-state index contributed by atoms with van der Waals surface area (Å²) in [5, 5.41) is 8.66. The van der Waals surface area contributed by atoms with Gasteiger partial charge in [0.25, 0.3) is 11.8 Å². The Morgan fingerprint density at radius 2 is 1.94 bits per heavy atom. The topological polar surface area (TPSA) is 139 Å². The quantitative estimate of drug-likeness (QED) is 0.140. The van der Waals surface area contributed by atoms with Crippen molar-refractivity contribution in [3.63, 3.8) is 0 Å². The Morgan fingerprint density at radius 1 is 1.18 bits per heavy atom. The Labute approximate surface area is 291 Å². The molecule has 1 spiro atoms. The number of amides is 3. The molecule has 5 N–H and O–H groups in total. The number of ether oxygens (including phenoxy) is 1. The number of hydrogen-bond acceptors (Lipinski definition) is 7. The van der Waals surface area contributed by atoms with E-state index < -0.39 is 17.6 Å². The Hall–Kier alpha value is -4.32. The number of carbonyl (C=O) groups excluding carboxylic acids is 3. The molecule has 260 valence electrons. The first-order valence-electron chi connectivity index (χ1n) is 16.7. The minimum absolute atomic E-state index is 0.00695. The summed E-state index contributed by atoms with van der Waals surface area (Å²) in [5.41, 5.74) is 10.1. The number of likely N-dealkylation sites (tertiary alicyclic amines) is 1. The predicted octanol–water partition coefficient (Wildman–Crippen LogP) is 5.46. The minimum atomic E-state index is -0.667. The number of methoxy groups -OCH3 is 1. The van der Waals surface area contributed by atoms with Gasteiger partial charge < -0.3 is 26.4 Å². The summed E-state index contributed by atoms with van der Waals surface area (Å²) in [6.07, 6.45) is 5.45. The van der Waals surface area contributed by atoms with Gasteiger partial charge in [-0.25, -0.2) is 9.37 Å². The van der Waals surface area contributed by atoms with Crippen molar-refractivity contribution in [2.75, 3.05) is 39.1 Å². The molecule has 12 heteroatoms. The molecule has 6 rings (SSSR count). The number of halogens is 2. The van der Waals surface area contributed by atoms with Crippen LogP contribution in [-0.4, -0.2) is 66.9 Å². The molecular formula is C37H44ClFN6O4. The minimum Gasteiger partial charge on any atom is -0.481 e. The highest BCUT2D eigenvalue weighted by Gasteiger charge is 2.46. The van der Waals surface area contributed by atoms with Crippen molar-refractivity contribution >= 4 is 35.0 Å². The summed E-state index contributed by atoms with van der Waals surface area (Å²) in [6, 6.07) is 10.2. The van der Waals surface area contributed by atoms with Crippen LogP contribution in [0.2, 0.25) is 5.02 Å². The lowest BCUT2D eigenvalue weighted by atomic mass is 9.95. The molecule has 3 amide bonds. The van der Waals surface area contributed by atoms with Crippen molar-refractivity contribution in [1.82, 2.24) is 20.5 Å². The van der Waals surface area contributed by atoms with Gasteiger partial charge in [-0.2, -0.15) is 0 Å². The number of nitrogens with two attached hydrogens (primary N) is 1. The molecule has 0 bridgehead atoms. The first-order chi connectivity index (χ1) is 23.6. The largest absolute Gasteiger partial charge is 0.481 e. The highest BCUT2D eigenvalue weighted by atomic mass is 35.5. The standard InChI is InChI=1S/C35H38ClFN6O4.C2H6/c1-19-25(40-33(46)23(12-15-38)32(45)39-2)9-8-24(37)29(19)22-6-4-5-21(31(22)36)26-17-20-7-10-27(30(20)34(41-26)47-3)43-16-14-35(18-43)13-11-28(44)42-35;1-2/h4-6,8-9,12,17,27H,7,10-11,13-16,18,38H2,1-3H3,(H,39,45)(H,40,46)(H,42,44);1-2H3/b23-12+;. The van der Waals surface area contributed by atoms with E-state index in [1.807, 2.05) is 26.0 Å². The average Bonchev–Trinajstić information content (AvgIpc) is 3.83. The van der Waals surface area contributed by atoms with E-state index in [0.717, 1.165) is 49.9 Å². The second kappa shape index (κ2) is 15.1. The fraction of sp³-hybridized carbons (Fsp3) is 0.405. The number of likely N-dealkylation sites (N-methyl/N-ethyl adjacent to an activating group) is 1. The van der Waals surface area contributed by atoms with E-state index >= 15 is 4.39 Å². The van der Waals surface area contributed by atoms with Crippen molar-refractivity contribution in [1.29, 1.82) is 0 Å². The third-order valence-corrected chi connectivity index (χ3v) is 10.0. The van der Waals surface area contributed by atoms with E-state index in [0.29, 0.717) is 45.4 Å². The first kappa shape index (κ1) is 36.0. The van der Waals surface area contributed by atoms with Crippen LogP contribution in [0.15, 0.2) is 48.0 Å². The van der Waals surface area contributed by atoms with Gasteiger partial charge in [0, 0.05) is 67.1 Å². The molecule has 2 unspecified atom stereocenters. The SMILES string of the molecule is CC.CNC(=O)/C(=C\CN)C(=O)Nc1ccc(F)c(-c2cccc(-c3cc4c(c(OC)n3)C(N3CCC5(CCC(=O)N5)C3)CC4)c2Cl)c1C. The third-order valence-electron chi connectivity index (χ3n) is 9.63. The van der Waals surface area contributed by atoms with Gasteiger partial charge in [0.1, 0.15) is 11.4 Å². The van der Waals surface area contributed by atoms with E-state index in [2.05, 4.69) is 20.9 Å². The number of fused-ring (bicyclic) bond motifs is 1. The van der Waals surface area contributed by atoms with Crippen LogP contribution in [0.4, 0.5) is 10.1 Å². The van der Waals surface area contributed by atoms with Crippen LogP contribution in [-0.2, 0) is 20.8 Å². The molecule has 2 saturated heterocycles. The lowest BCUT2D eigenvalue weighted by molar-refractivity contribution is -0.121. The molecule has 1 aromatic heterocycles. The second-order valence-corrected chi connectivity index (χ2v) is 12.7. The number of aromatic nitrogens is 1. The lowest BCUT2D eigenvalue weighted by Crippen LogP contribution is -2.44. The van der Waals surface area contributed by atoms with Gasteiger partial charge in [-0.15, -0.1) is 0 Å². The Kier molecular flexibility index (Phi) is 11.1. The third kappa shape index (κ3) is 6.92. The summed E-state index contributed by atoms with van der Waals surface area (Å²) >= 11 is 7.04. The highest BCUT2D eigenvalue weighted by Crippen LogP contribution is 2.47. The maximum absolute atomic E-state index is 15.5. The predicted molar refractivity (Wildman–Crippen MR) is 190 cm³/mol. The molecule has 2 aromatic carbocycles. The van der Waals surface area contributed by atoms with Gasteiger partial charge in [-0.1, -0.05) is 49.7 Å². The van der Waals surface area contributed by atoms with Crippen LogP contribution in [0.5, 0.6) is 5.88 Å². The number of pyridine rings is 1. The molecule has 2 aliphatic heterocycles. The van der Waals surface area contributed by atoms with Gasteiger partial charge in [-0.05, 0) is 61.9 Å². The summed E-state index contributed by atoms with van der Waals surface area (Å²) in [7, 11) is 3.03. The molecular weight excluding hydrogens is 647 g/mol. The van der Waals surface area contributed by atoms with Crippen LogP contribution in [0, 0.1) is 12.7 Å². The number of nitrogens with one attached hydrogen (secondary N) is 3. The molecule has 0 saturated carbocycles. The average molecular weight is 691 g/mol. The van der Waals surface area contributed by atoms with Crippen LogP contribution in [0.1, 0.15) is 62.3 Å². The molecule has 3 aromatic rings. The zero-order chi connectivity index (χ0) is 35.5. The Balaban J connectivity index is 0.00000230. The van der Waals surface area contributed by atoms with Crippen molar-refractivity contribution < 1.29 is 23.5 Å². The first-order valence-corrected chi connectivity index (χ1v) is 17.1. The van der Waals surface area contributed by atoms with Crippen LogP contribution >= 0.6 is 11.6 Å². The molecule has 0 radical (unpaired) electrons. The zero-order valence-corrected chi connectivity index (χ0v) is 29.4. The van der Waals surface area contributed by atoms with Crippen molar-refractivity contribution in [2.24, 2.45) is 5.73 Å². The lowest BCUT2D eigenvalue weighted by Gasteiger charge is -2.28. The highest BCUT2D eigenvalue weighted by molar-refractivity contribution is 6.36. The fourth-order valence-corrected chi connectivity index (χ4v) is 7.61. The second-order valence-electron chi connectivity index (χ2n) is 12.3. The van der Waals surface area contributed by atoms with Crippen molar-refractivity contribution in [3.8, 4) is 28.3 Å². The van der Waals surface area contributed by atoms with Gasteiger partial charge in [-0.3, -0.25) is 19.3 Å². The maximum Gasteiger partial charge on any atom is 0.260 e. The Morgan fingerprint density at radius 3 is 2.61 bits per heavy atom. The van der Waals surface area contributed by atoms with Gasteiger partial charge in [0.05, 0.1) is 23.4 Å². The van der Waals surface area contributed by atoms with E-state index in [4.69, 9.17) is 27.1 Å². The van der Waals surface area contributed by atoms with Crippen LogP contribution in [0.25, 0.3) is 22.4 Å². The number of benzene rings is 2. The number of hydrogen-bond donors (Lipinski definition) is 4. The summed E-state index contributed by atoms with van der Waals surface area (Å²) in [5.74, 6) is -1.11. The van der Waals surface area contributed by atoms with Crippen LogP contribution < -0.4 is 26.4 Å². The monoisotopic (exact) mass is 690 g/mol. The molecule has 3 heterocycles. The zero-order valence-electron chi connectivity index (χ0n) is 28.6. The Bertz CT molecular complexity index is 1810. The number of nitrogens with zero attached hydrogens (tertiary/aromatic N) is 2. The number of anilines is 1. The summed E-state index contributed by atoms with van der Waals surface area (Å²) < 4.78 is 21.4. The van der Waals surface area contributed by atoms with Gasteiger partial charge >= 0.3 is 0 Å². The molecule has 2 atom stereocenters. The van der Waals surface area contributed by atoms with Gasteiger partial charge in [0.15, 0.2) is 0 Å². The van der Waals surface area contributed by atoms with E-state index in [-0.39, 0.29) is 35.2 Å². The smallest absolute Gasteiger partial charge is 0.260 e. The molecule has 3 aliphatic rings. The normalized spacial score (nSPS) is 20.0. The van der Waals surface area contributed by atoms with E-state index in [9.17, 15) is 14.4 Å². The van der Waals surface area contributed by atoms with Gasteiger partial charge in [0.2, 0.25) is 11.8 Å². The number of aryl methyl sites for hydroxylation is 1. The summed E-state index contributed by atoms with van der Waals surface area (Å²) in [6.45, 7) is 7.37. The molecule has 49 heavy (non-hydrogen) atoms. The van der Waals surface area contributed by atoms with Crippen molar-refractivity contribution in [2.45, 2.75) is 64.5 Å². The summed E-state index contributed by atoms with van der Waals surface area (Å²) in [4.78, 5) is 44.6. The van der Waals surface area contributed by atoms with Crippen LogP contribution in [0.3, 0.4) is 0 Å². The van der Waals surface area contributed by atoms with Crippen molar-refractivity contribution in [3.05, 3.63) is 75.6 Å². The molecule has 2 fully saturated rings. The number of rotatable bonds is 8. The fourth-order valence-electron chi connectivity index (χ4n) is 7.29. The van der Waals surface area contributed by atoms with E-state index in [1.54, 1.807) is 26.2 Å². The molecule has 10 nitrogen and oxygen atoms in total.